The Bertz CT molecular complexity index is 559. The fourth-order valence-corrected chi connectivity index (χ4v) is 3.79. The molecule has 2 rings (SSSR count). The average molecular weight is 339 g/mol. The fourth-order valence-electron chi connectivity index (χ4n) is 2.84. The lowest BCUT2D eigenvalue weighted by molar-refractivity contribution is -0.121. The highest BCUT2D eigenvalue weighted by molar-refractivity contribution is 7.15. The zero-order valence-electron chi connectivity index (χ0n) is 14.1. The Labute approximate surface area is 141 Å². The van der Waals surface area contributed by atoms with Gasteiger partial charge in [0, 0.05) is 18.0 Å². The van der Waals surface area contributed by atoms with Gasteiger partial charge in [0.1, 0.15) is 0 Å². The van der Waals surface area contributed by atoms with Gasteiger partial charge in [-0.2, -0.15) is 0 Å². The molecule has 7 heteroatoms. The van der Waals surface area contributed by atoms with Gasteiger partial charge in [0.05, 0.1) is 18.7 Å². The van der Waals surface area contributed by atoms with Gasteiger partial charge >= 0.3 is 6.09 Å². The number of rotatable bonds is 5. The predicted octanol–water partition coefficient (Wildman–Crippen LogP) is 3.07. The Balaban J connectivity index is 1.99. The van der Waals surface area contributed by atoms with E-state index < -0.39 is 0 Å². The van der Waals surface area contributed by atoms with E-state index in [-0.39, 0.29) is 17.9 Å². The number of ether oxygens (including phenoxy) is 1. The molecule has 1 aliphatic heterocycles. The number of hydrogen-bond donors (Lipinski definition) is 1. The number of nitrogens with zero attached hydrogens (tertiary/aromatic N) is 2. The predicted molar refractivity (Wildman–Crippen MR) is 90.8 cm³/mol. The first kappa shape index (κ1) is 17.7. The second-order valence-corrected chi connectivity index (χ2v) is 6.82. The number of nitrogens with one attached hydrogen (secondary N) is 1. The minimum Gasteiger partial charge on any atom is -0.453 e. The van der Waals surface area contributed by atoms with Crippen LogP contribution in [0.2, 0.25) is 0 Å². The van der Waals surface area contributed by atoms with E-state index in [1.54, 1.807) is 16.2 Å². The SMILES string of the molecule is CCCc1nc(NC(=O)C2CCCN(C(=O)OC)C2)sc1CC. The minimum atomic E-state index is -0.366. The van der Waals surface area contributed by atoms with Crippen molar-refractivity contribution >= 4 is 28.5 Å². The molecule has 6 nitrogen and oxygen atoms in total. The maximum atomic E-state index is 12.5. The lowest BCUT2D eigenvalue weighted by Gasteiger charge is -2.30. The van der Waals surface area contributed by atoms with E-state index in [9.17, 15) is 9.59 Å². The zero-order valence-corrected chi connectivity index (χ0v) is 14.9. The molecule has 23 heavy (non-hydrogen) atoms. The molecule has 0 radical (unpaired) electrons. The summed E-state index contributed by atoms with van der Waals surface area (Å²) in [5, 5.41) is 3.60. The number of aryl methyl sites for hydroxylation is 2. The third-order valence-corrected chi connectivity index (χ3v) is 5.20. The number of aromatic nitrogens is 1. The van der Waals surface area contributed by atoms with E-state index in [0.717, 1.165) is 37.8 Å². The Morgan fingerprint density at radius 2 is 2.22 bits per heavy atom. The number of thiazole rings is 1. The molecule has 0 bridgehead atoms. The Morgan fingerprint density at radius 3 is 2.87 bits per heavy atom. The van der Waals surface area contributed by atoms with Gasteiger partial charge < -0.3 is 15.0 Å². The van der Waals surface area contributed by atoms with Crippen LogP contribution in [0.15, 0.2) is 0 Å². The highest BCUT2D eigenvalue weighted by atomic mass is 32.1. The van der Waals surface area contributed by atoms with Crippen LogP contribution in [-0.2, 0) is 22.4 Å². The molecule has 1 aliphatic rings. The summed E-state index contributed by atoms with van der Waals surface area (Å²) >= 11 is 1.56. The summed E-state index contributed by atoms with van der Waals surface area (Å²) in [6.45, 7) is 5.29. The molecule has 1 saturated heterocycles. The van der Waals surface area contributed by atoms with Gasteiger partial charge in [0.15, 0.2) is 5.13 Å². The smallest absolute Gasteiger partial charge is 0.409 e. The number of amides is 2. The molecule has 1 aromatic heterocycles. The van der Waals surface area contributed by atoms with E-state index in [2.05, 4.69) is 24.1 Å². The van der Waals surface area contributed by atoms with Gasteiger partial charge in [-0.05, 0) is 25.7 Å². The van der Waals surface area contributed by atoms with Crippen molar-refractivity contribution in [2.24, 2.45) is 5.92 Å². The fraction of sp³-hybridized carbons (Fsp3) is 0.688. The Kier molecular flexibility index (Phi) is 6.38. The van der Waals surface area contributed by atoms with Crippen molar-refractivity contribution in [2.45, 2.75) is 46.0 Å². The monoisotopic (exact) mass is 339 g/mol. The highest BCUT2D eigenvalue weighted by Gasteiger charge is 2.29. The molecule has 0 aromatic carbocycles. The molecule has 1 unspecified atom stereocenters. The lowest BCUT2D eigenvalue weighted by Crippen LogP contribution is -2.43. The van der Waals surface area contributed by atoms with Crippen molar-refractivity contribution in [2.75, 3.05) is 25.5 Å². The first-order valence-corrected chi connectivity index (χ1v) is 9.03. The molecular weight excluding hydrogens is 314 g/mol. The van der Waals surface area contributed by atoms with Crippen LogP contribution < -0.4 is 5.32 Å². The second kappa shape index (κ2) is 8.29. The molecule has 1 aromatic rings. The topological polar surface area (TPSA) is 71.5 Å². The number of carbonyl (C=O) groups is 2. The number of carbonyl (C=O) groups excluding carboxylic acids is 2. The van der Waals surface area contributed by atoms with Gasteiger partial charge in [-0.3, -0.25) is 4.79 Å². The summed E-state index contributed by atoms with van der Waals surface area (Å²) in [5.74, 6) is -0.260. The number of methoxy groups -OCH3 is 1. The van der Waals surface area contributed by atoms with Crippen molar-refractivity contribution in [3.8, 4) is 0 Å². The largest absolute Gasteiger partial charge is 0.453 e. The first-order valence-electron chi connectivity index (χ1n) is 8.21. The Hall–Kier alpha value is -1.63. The summed E-state index contributed by atoms with van der Waals surface area (Å²) in [7, 11) is 1.36. The highest BCUT2D eigenvalue weighted by Crippen LogP contribution is 2.26. The van der Waals surface area contributed by atoms with Crippen molar-refractivity contribution in [3.05, 3.63) is 10.6 Å². The number of hydrogen-bond acceptors (Lipinski definition) is 5. The molecule has 1 atom stereocenters. The molecule has 1 fully saturated rings. The summed E-state index contributed by atoms with van der Waals surface area (Å²) in [4.78, 5) is 31.5. The molecule has 1 N–H and O–H groups in total. The standard InChI is InChI=1S/C16H25N3O3S/c1-4-7-12-13(5-2)23-15(17-12)18-14(20)11-8-6-9-19(10-11)16(21)22-3/h11H,4-10H2,1-3H3,(H,17,18,20). The van der Waals surface area contributed by atoms with Crippen LogP contribution in [0.5, 0.6) is 0 Å². The zero-order chi connectivity index (χ0) is 16.8. The van der Waals surface area contributed by atoms with Crippen LogP contribution in [0.25, 0.3) is 0 Å². The van der Waals surface area contributed by atoms with E-state index in [1.807, 2.05) is 0 Å². The molecule has 0 aliphatic carbocycles. The number of likely N-dealkylation sites (tertiary alicyclic amines) is 1. The third kappa shape index (κ3) is 4.43. The van der Waals surface area contributed by atoms with E-state index >= 15 is 0 Å². The lowest BCUT2D eigenvalue weighted by atomic mass is 9.97. The van der Waals surface area contributed by atoms with Crippen molar-refractivity contribution in [1.82, 2.24) is 9.88 Å². The van der Waals surface area contributed by atoms with Gasteiger partial charge in [0.2, 0.25) is 5.91 Å². The van der Waals surface area contributed by atoms with Gasteiger partial charge in [-0.1, -0.05) is 20.3 Å². The van der Waals surface area contributed by atoms with Gasteiger partial charge in [-0.15, -0.1) is 11.3 Å². The quantitative estimate of drug-likeness (QED) is 0.895. The maximum Gasteiger partial charge on any atom is 0.409 e. The maximum absolute atomic E-state index is 12.5. The van der Waals surface area contributed by atoms with Crippen LogP contribution in [0.3, 0.4) is 0 Å². The summed E-state index contributed by atoms with van der Waals surface area (Å²) < 4.78 is 4.74. The molecule has 2 heterocycles. The van der Waals surface area contributed by atoms with Gasteiger partial charge in [-0.25, -0.2) is 9.78 Å². The van der Waals surface area contributed by atoms with E-state index in [4.69, 9.17) is 4.74 Å². The molecule has 2 amide bonds. The van der Waals surface area contributed by atoms with Crippen LogP contribution in [0.4, 0.5) is 9.93 Å². The van der Waals surface area contributed by atoms with Crippen molar-refractivity contribution < 1.29 is 14.3 Å². The van der Waals surface area contributed by atoms with Crippen molar-refractivity contribution in [3.63, 3.8) is 0 Å². The van der Waals surface area contributed by atoms with Crippen molar-refractivity contribution in [1.29, 1.82) is 0 Å². The molecule has 0 spiro atoms. The summed E-state index contributed by atoms with van der Waals surface area (Å²) in [5.41, 5.74) is 1.09. The Morgan fingerprint density at radius 1 is 1.43 bits per heavy atom. The first-order chi connectivity index (χ1) is 11.1. The molecule has 128 valence electrons. The normalized spacial score (nSPS) is 17.9. The third-order valence-electron chi connectivity index (χ3n) is 4.04. The average Bonchev–Trinajstić information content (AvgIpc) is 2.96. The summed E-state index contributed by atoms with van der Waals surface area (Å²) in [6, 6.07) is 0. The van der Waals surface area contributed by atoms with E-state index in [0.29, 0.717) is 18.2 Å². The van der Waals surface area contributed by atoms with Crippen LogP contribution >= 0.6 is 11.3 Å². The van der Waals surface area contributed by atoms with Crippen LogP contribution in [-0.4, -0.2) is 42.1 Å². The second-order valence-electron chi connectivity index (χ2n) is 5.74. The molecule has 0 saturated carbocycles. The van der Waals surface area contributed by atoms with Gasteiger partial charge in [0.25, 0.3) is 0 Å². The minimum absolute atomic E-state index is 0.0574. The van der Waals surface area contributed by atoms with E-state index in [1.165, 1.54) is 12.0 Å². The molecular formula is C16H25N3O3S. The van der Waals surface area contributed by atoms with Crippen LogP contribution in [0, 0.1) is 5.92 Å². The number of piperidine rings is 1. The van der Waals surface area contributed by atoms with Crippen LogP contribution in [0.1, 0.15) is 43.7 Å². The number of anilines is 1. The summed E-state index contributed by atoms with van der Waals surface area (Å²) in [6.07, 6.45) is 4.15.